The van der Waals surface area contributed by atoms with Gasteiger partial charge in [-0.15, -0.1) is 0 Å². The van der Waals surface area contributed by atoms with Crippen molar-refractivity contribution >= 4 is 5.78 Å². The number of carbonyl (C=O) groups excluding carboxylic acids is 1. The van der Waals surface area contributed by atoms with Gasteiger partial charge in [-0.2, -0.15) is 0 Å². The number of hydrogen-bond donors (Lipinski definition) is 0. The van der Waals surface area contributed by atoms with Crippen LogP contribution in [0, 0.1) is 5.41 Å². The number of azide groups is 1. The van der Waals surface area contributed by atoms with Crippen molar-refractivity contribution in [2.24, 2.45) is 10.5 Å². The molecule has 0 atom stereocenters. The molecule has 25 heavy (non-hydrogen) atoms. The van der Waals surface area contributed by atoms with E-state index in [0.29, 0.717) is 24.0 Å². The van der Waals surface area contributed by atoms with Gasteiger partial charge in [0.2, 0.25) is 0 Å². The van der Waals surface area contributed by atoms with Crippen molar-refractivity contribution in [1.29, 1.82) is 0 Å². The summed E-state index contributed by atoms with van der Waals surface area (Å²) in [7, 11) is 0. The summed E-state index contributed by atoms with van der Waals surface area (Å²) in [6.45, 7) is 11.7. The number of ketones is 1. The molecule has 1 aromatic carbocycles. The Balaban J connectivity index is 2.40. The Hall–Kier alpha value is -1.84. The Labute approximate surface area is 151 Å². The minimum absolute atomic E-state index is 0.116. The molecule has 0 aliphatic carbocycles. The van der Waals surface area contributed by atoms with Crippen LogP contribution in [0.1, 0.15) is 76.2 Å². The molecule has 1 rings (SSSR count). The lowest BCUT2D eigenvalue weighted by atomic mass is 9.87. The van der Waals surface area contributed by atoms with Gasteiger partial charge in [-0.1, -0.05) is 70.4 Å². The van der Waals surface area contributed by atoms with Gasteiger partial charge in [0.05, 0.1) is 5.54 Å². The molecule has 5 nitrogen and oxygen atoms in total. The third-order valence-corrected chi connectivity index (χ3v) is 4.78. The molecule has 0 saturated heterocycles. The molecule has 138 valence electrons. The average Bonchev–Trinajstić information content (AvgIpc) is 2.58. The fourth-order valence-electron chi connectivity index (χ4n) is 2.34. The maximum atomic E-state index is 12.2. The summed E-state index contributed by atoms with van der Waals surface area (Å²) in [6.07, 6.45) is 3.40. The lowest BCUT2D eigenvalue weighted by Gasteiger charge is -2.22. The molecule has 0 bridgehead atoms. The van der Waals surface area contributed by atoms with E-state index in [-0.39, 0.29) is 5.78 Å². The first-order valence-electron chi connectivity index (χ1n) is 8.99. The normalized spacial score (nSPS) is 11.9. The number of hydrogen-bond acceptors (Lipinski definition) is 3. The summed E-state index contributed by atoms with van der Waals surface area (Å²) in [6, 6.07) is 7.31. The first-order chi connectivity index (χ1) is 11.7. The molecule has 0 saturated carbocycles. The highest BCUT2D eigenvalue weighted by Crippen LogP contribution is 2.25. The predicted octanol–water partition coefficient (Wildman–Crippen LogP) is 6.04. The van der Waals surface area contributed by atoms with Gasteiger partial charge in [0.15, 0.2) is 5.78 Å². The first kappa shape index (κ1) is 21.2. The minimum atomic E-state index is -0.615. The molecular weight excluding hydrogens is 314 g/mol. The number of ether oxygens (including phenoxy) is 1. The molecule has 0 spiro atoms. The Morgan fingerprint density at radius 1 is 1.16 bits per heavy atom. The van der Waals surface area contributed by atoms with Crippen LogP contribution in [0.3, 0.4) is 0 Å². The summed E-state index contributed by atoms with van der Waals surface area (Å²) < 4.78 is 5.65. The summed E-state index contributed by atoms with van der Waals surface area (Å²) in [5.41, 5.74) is 9.90. The standard InChI is InChI=1S/C20H31N3O2/c1-6-19(2,3)13-15-25-14-7-8-18(24)16-9-11-17(12-10-16)20(4,5)22-23-21/h9-12H,6-8,13-15H2,1-5H3. The molecule has 5 heteroatoms. The van der Waals surface area contributed by atoms with Crippen molar-refractivity contribution in [3.05, 3.63) is 45.8 Å². The van der Waals surface area contributed by atoms with Crippen LogP contribution in [0.25, 0.3) is 10.4 Å². The monoisotopic (exact) mass is 345 g/mol. The highest BCUT2D eigenvalue weighted by Gasteiger charge is 2.19. The van der Waals surface area contributed by atoms with Crippen LogP contribution in [0.2, 0.25) is 0 Å². The lowest BCUT2D eigenvalue weighted by molar-refractivity contribution is 0.0877. The maximum absolute atomic E-state index is 12.2. The molecule has 0 heterocycles. The minimum Gasteiger partial charge on any atom is -0.381 e. The Bertz CT molecular complexity index is 600. The molecule has 0 radical (unpaired) electrons. The van der Waals surface area contributed by atoms with Crippen LogP contribution < -0.4 is 0 Å². The molecule has 0 aliphatic rings. The smallest absolute Gasteiger partial charge is 0.162 e. The maximum Gasteiger partial charge on any atom is 0.162 e. The second kappa shape index (κ2) is 9.59. The zero-order valence-corrected chi connectivity index (χ0v) is 16.2. The van der Waals surface area contributed by atoms with E-state index >= 15 is 0 Å². The fourth-order valence-corrected chi connectivity index (χ4v) is 2.34. The van der Waals surface area contributed by atoms with E-state index in [0.717, 1.165) is 31.4 Å². The molecule has 1 aromatic rings. The van der Waals surface area contributed by atoms with Crippen molar-refractivity contribution in [3.63, 3.8) is 0 Å². The third-order valence-electron chi connectivity index (χ3n) is 4.78. The van der Waals surface area contributed by atoms with E-state index in [4.69, 9.17) is 10.3 Å². The summed E-state index contributed by atoms with van der Waals surface area (Å²) >= 11 is 0. The number of nitrogens with zero attached hydrogens (tertiary/aromatic N) is 3. The second-order valence-electron chi connectivity index (χ2n) is 7.73. The highest BCUT2D eigenvalue weighted by atomic mass is 16.5. The second-order valence-corrected chi connectivity index (χ2v) is 7.73. The average molecular weight is 345 g/mol. The first-order valence-corrected chi connectivity index (χ1v) is 8.99. The van der Waals surface area contributed by atoms with Gasteiger partial charge in [0.1, 0.15) is 0 Å². The van der Waals surface area contributed by atoms with Crippen LogP contribution in [-0.2, 0) is 10.3 Å². The number of carbonyl (C=O) groups is 1. The highest BCUT2D eigenvalue weighted by molar-refractivity contribution is 5.96. The van der Waals surface area contributed by atoms with Crippen molar-refractivity contribution in [1.82, 2.24) is 0 Å². The Morgan fingerprint density at radius 3 is 2.36 bits per heavy atom. The molecule has 0 N–H and O–H groups in total. The Morgan fingerprint density at radius 2 is 1.80 bits per heavy atom. The number of Topliss-reactive ketones (excluding diaryl/α,β-unsaturated/α-hetero) is 1. The van der Waals surface area contributed by atoms with E-state index in [1.165, 1.54) is 0 Å². The van der Waals surface area contributed by atoms with Crippen molar-refractivity contribution in [2.45, 2.75) is 65.8 Å². The van der Waals surface area contributed by atoms with Crippen LogP contribution in [0.15, 0.2) is 29.4 Å². The summed E-state index contributed by atoms with van der Waals surface area (Å²) in [5.74, 6) is 0.116. The zero-order valence-electron chi connectivity index (χ0n) is 16.2. The molecular formula is C20H31N3O2. The number of benzene rings is 1. The van der Waals surface area contributed by atoms with E-state index in [1.807, 2.05) is 26.0 Å². The van der Waals surface area contributed by atoms with Gasteiger partial charge < -0.3 is 4.74 Å². The molecule has 0 aliphatic heterocycles. The summed E-state index contributed by atoms with van der Waals surface area (Å²) in [4.78, 5) is 15.1. The van der Waals surface area contributed by atoms with Crippen LogP contribution in [0.4, 0.5) is 0 Å². The van der Waals surface area contributed by atoms with Gasteiger partial charge in [-0.3, -0.25) is 4.79 Å². The SMILES string of the molecule is CCC(C)(C)CCOCCCC(=O)c1ccc(C(C)(C)N=[N+]=[N-])cc1. The largest absolute Gasteiger partial charge is 0.381 e. The van der Waals surface area contributed by atoms with Crippen molar-refractivity contribution < 1.29 is 9.53 Å². The topological polar surface area (TPSA) is 75.1 Å². The molecule has 0 fully saturated rings. The van der Waals surface area contributed by atoms with Gasteiger partial charge in [0.25, 0.3) is 0 Å². The van der Waals surface area contributed by atoms with Crippen molar-refractivity contribution in [2.75, 3.05) is 13.2 Å². The van der Waals surface area contributed by atoms with Crippen LogP contribution >= 0.6 is 0 Å². The quantitative estimate of drug-likeness (QED) is 0.161. The lowest BCUT2D eigenvalue weighted by Crippen LogP contribution is -2.14. The fraction of sp³-hybridized carbons (Fsp3) is 0.650. The zero-order chi connectivity index (χ0) is 18.9. The van der Waals surface area contributed by atoms with Crippen molar-refractivity contribution in [3.8, 4) is 0 Å². The Kier molecular flexibility index (Phi) is 8.14. The summed E-state index contributed by atoms with van der Waals surface area (Å²) in [5, 5.41) is 3.78. The van der Waals surface area contributed by atoms with Crippen LogP contribution in [-0.4, -0.2) is 19.0 Å². The van der Waals surface area contributed by atoms with Gasteiger partial charge in [-0.25, -0.2) is 0 Å². The molecule has 0 amide bonds. The number of rotatable bonds is 11. The van der Waals surface area contributed by atoms with Crippen LogP contribution in [0.5, 0.6) is 0 Å². The van der Waals surface area contributed by atoms with E-state index in [2.05, 4.69) is 30.8 Å². The molecule has 0 unspecified atom stereocenters. The van der Waals surface area contributed by atoms with Gasteiger partial charge in [0, 0.05) is 30.1 Å². The van der Waals surface area contributed by atoms with E-state index in [9.17, 15) is 4.79 Å². The van der Waals surface area contributed by atoms with Gasteiger partial charge >= 0.3 is 0 Å². The van der Waals surface area contributed by atoms with E-state index < -0.39 is 5.54 Å². The molecule has 0 aromatic heterocycles. The van der Waals surface area contributed by atoms with E-state index in [1.54, 1.807) is 12.1 Å². The third kappa shape index (κ3) is 7.29. The predicted molar refractivity (Wildman–Crippen MR) is 102 cm³/mol. The van der Waals surface area contributed by atoms with Gasteiger partial charge in [-0.05, 0) is 29.4 Å².